The van der Waals surface area contributed by atoms with Crippen LogP contribution in [0, 0.1) is 11.2 Å². The minimum absolute atomic E-state index is 0.0230. The van der Waals surface area contributed by atoms with E-state index in [0.29, 0.717) is 6.54 Å². The molecule has 2 N–H and O–H groups in total. The number of nitrogens with zero attached hydrogens (tertiary/aromatic N) is 1. The van der Waals surface area contributed by atoms with Gasteiger partial charge in [0.25, 0.3) is 0 Å². The molecule has 0 spiro atoms. The first-order valence-electron chi connectivity index (χ1n) is 6.62. The molecule has 1 fully saturated rings. The van der Waals surface area contributed by atoms with E-state index in [-0.39, 0.29) is 16.8 Å². The molecule has 2 nitrogen and oxygen atoms in total. The van der Waals surface area contributed by atoms with Crippen LogP contribution in [0.2, 0.25) is 0 Å². The summed E-state index contributed by atoms with van der Waals surface area (Å²) < 4.78 is 13.0. The van der Waals surface area contributed by atoms with E-state index in [0.717, 1.165) is 12.1 Å². The van der Waals surface area contributed by atoms with E-state index in [4.69, 9.17) is 5.73 Å². The highest BCUT2D eigenvalue weighted by Gasteiger charge is 2.50. The summed E-state index contributed by atoms with van der Waals surface area (Å²) in [5.74, 6) is -0.195. The maximum Gasteiger partial charge on any atom is 0.123 e. The summed E-state index contributed by atoms with van der Waals surface area (Å²) >= 11 is 0. The third-order valence-corrected chi connectivity index (χ3v) is 4.85. The average Bonchev–Trinajstić information content (AvgIpc) is 2.65. The highest BCUT2D eigenvalue weighted by molar-refractivity contribution is 5.49. The summed E-state index contributed by atoms with van der Waals surface area (Å²) in [6, 6.07) is 6.69. The normalized spacial score (nSPS) is 26.3. The molecule has 0 saturated heterocycles. The van der Waals surface area contributed by atoms with Crippen LogP contribution in [-0.2, 0) is 0 Å². The molecule has 2 rings (SSSR count). The SMILES string of the molecule is CN(c1ccc(F)cc1)C1(CN)CCCC1(C)C. The Labute approximate surface area is 109 Å². The molecule has 0 amide bonds. The quantitative estimate of drug-likeness (QED) is 0.892. The number of halogens is 1. The fraction of sp³-hybridized carbons (Fsp3) is 0.600. The van der Waals surface area contributed by atoms with E-state index in [2.05, 4.69) is 25.8 Å². The van der Waals surface area contributed by atoms with Gasteiger partial charge in [-0.3, -0.25) is 0 Å². The van der Waals surface area contributed by atoms with Crippen molar-refractivity contribution in [3.05, 3.63) is 30.1 Å². The summed E-state index contributed by atoms with van der Waals surface area (Å²) in [5.41, 5.74) is 7.30. The van der Waals surface area contributed by atoms with Crippen molar-refractivity contribution in [3.8, 4) is 0 Å². The number of hydrogen-bond acceptors (Lipinski definition) is 2. The Hall–Kier alpha value is -1.09. The van der Waals surface area contributed by atoms with Crippen LogP contribution in [0.1, 0.15) is 33.1 Å². The van der Waals surface area contributed by atoms with Gasteiger partial charge >= 0.3 is 0 Å². The Bertz CT molecular complexity index is 413. The lowest BCUT2D eigenvalue weighted by molar-refractivity contribution is 0.207. The zero-order valence-electron chi connectivity index (χ0n) is 11.5. The molecule has 0 aliphatic heterocycles. The van der Waals surface area contributed by atoms with Gasteiger partial charge in [0.1, 0.15) is 5.82 Å². The van der Waals surface area contributed by atoms with Gasteiger partial charge in [-0.25, -0.2) is 4.39 Å². The highest BCUT2D eigenvalue weighted by Crippen LogP contribution is 2.49. The lowest BCUT2D eigenvalue weighted by Gasteiger charge is -2.49. The monoisotopic (exact) mass is 250 g/mol. The second kappa shape index (κ2) is 4.54. The Kier molecular flexibility index (Phi) is 3.37. The molecule has 0 aromatic heterocycles. The summed E-state index contributed by atoms with van der Waals surface area (Å²) in [6.45, 7) is 5.20. The van der Waals surface area contributed by atoms with E-state index in [9.17, 15) is 4.39 Å². The zero-order chi connectivity index (χ0) is 13.4. The van der Waals surface area contributed by atoms with Crippen molar-refractivity contribution in [3.63, 3.8) is 0 Å². The first-order chi connectivity index (χ1) is 8.43. The first-order valence-corrected chi connectivity index (χ1v) is 6.62. The van der Waals surface area contributed by atoms with E-state index >= 15 is 0 Å². The second-order valence-electron chi connectivity index (χ2n) is 6.01. The molecule has 18 heavy (non-hydrogen) atoms. The van der Waals surface area contributed by atoms with Crippen LogP contribution >= 0.6 is 0 Å². The summed E-state index contributed by atoms with van der Waals surface area (Å²) in [4.78, 5) is 2.25. The van der Waals surface area contributed by atoms with Gasteiger partial charge in [0.2, 0.25) is 0 Å². The van der Waals surface area contributed by atoms with Crippen molar-refractivity contribution in [2.75, 3.05) is 18.5 Å². The van der Waals surface area contributed by atoms with Crippen molar-refractivity contribution in [2.45, 2.75) is 38.6 Å². The number of anilines is 1. The molecule has 1 unspecified atom stereocenters. The van der Waals surface area contributed by atoms with Gasteiger partial charge in [0.15, 0.2) is 0 Å². The van der Waals surface area contributed by atoms with Gasteiger partial charge < -0.3 is 10.6 Å². The number of rotatable bonds is 3. The predicted octanol–water partition coefficient (Wildman–Crippen LogP) is 3.17. The van der Waals surface area contributed by atoms with E-state index < -0.39 is 0 Å². The van der Waals surface area contributed by atoms with Crippen LogP contribution in [0.5, 0.6) is 0 Å². The molecule has 0 radical (unpaired) electrons. The molecule has 1 aliphatic carbocycles. The van der Waals surface area contributed by atoms with Crippen molar-refractivity contribution in [1.82, 2.24) is 0 Å². The van der Waals surface area contributed by atoms with Gasteiger partial charge in [-0.05, 0) is 42.5 Å². The molecule has 0 heterocycles. The topological polar surface area (TPSA) is 29.3 Å². The van der Waals surface area contributed by atoms with E-state index in [1.807, 2.05) is 12.1 Å². The lowest BCUT2D eigenvalue weighted by Crippen LogP contribution is -2.58. The molecule has 0 bridgehead atoms. The van der Waals surface area contributed by atoms with Crippen LogP contribution in [0.25, 0.3) is 0 Å². The standard InChI is InChI=1S/C15H23FN2/c1-14(2)9-4-10-15(14,11-17)18(3)13-7-5-12(16)6-8-13/h5-8H,4,9-11,17H2,1-3H3. The van der Waals surface area contributed by atoms with Gasteiger partial charge in [-0.15, -0.1) is 0 Å². The summed E-state index contributed by atoms with van der Waals surface area (Å²) in [5, 5.41) is 0. The van der Waals surface area contributed by atoms with Crippen LogP contribution in [-0.4, -0.2) is 19.1 Å². The highest BCUT2D eigenvalue weighted by atomic mass is 19.1. The van der Waals surface area contributed by atoms with Crippen LogP contribution in [0.3, 0.4) is 0 Å². The van der Waals surface area contributed by atoms with E-state index in [1.165, 1.54) is 25.0 Å². The molecule has 1 aromatic rings. The van der Waals surface area contributed by atoms with Gasteiger partial charge in [-0.2, -0.15) is 0 Å². The third kappa shape index (κ3) is 1.91. The minimum atomic E-state index is -0.195. The molecular weight excluding hydrogens is 227 g/mol. The number of benzene rings is 1. The maximum absolute atomic E-state index is 13.0. The van der Waals surface area contributed by atoms with Crippen LogP contribution in [0.15, 0.2) is 24.3 Å². The van der Waals surface area contributed by atoms with Gasteiger partial charge in [0, 0.05) is 19.3 Å². The number of likely N-dealkylation sites (N-methyl/N-ethyl adjacent to an activating group) is 1. The van der Waals surface area contributed by atoms with Crippen molar-refractivity contribution < 1.29 is 4.39 Å². The Morgan fingerprint density at radius 3 is 2.28 bits per heavy atom. The lowest BCUT2D eigenvalue weighted by atomic mass is 9.73. The van der Waals surface area contributed by atoms with Crippen molar-refractivity contribution in [2.24, 2.45) is 11.1 Å². The fourth-order valence-electron chi connectivity index (χ4n) is 3.44. The summed E-state index contributed by atoms with van der Waals surface area (Å²) in [7, 11) is 2.08. The second-order valence-corrected chi connectivity index (χ2v) is 6.01. The average molecular weight is 250 g/mol. The Balaban J connectivity index is 2.36. The van der Waals surface area contributed by atoms with Crippen molar-refractivity contribution >= 4 is 5.69 Å². The molecule has 1 saturated carbocycles. The molecular formula is C15H23FN2. The minimum Gasteiger partial charge on any atom is -0.367 e. The van der Waals surface area contributed by atoms with Crippen LogP contribution in [0.4, 0.5) is 10.1 Å². The molecule has 1 aromatic carbocycles. The maximum atomic E-state index is 13.0. The molecule has 1 atom stereocenters. The number of nitrogens with two attached hydrogens (primary N) is 1. The predicted molar refractivity (Wildman–Crippen MR) is 74.2 cm³/mol. The fourth-order valence-corrected chi connectivity index (χ4v) is 3.44. The third-order valence-electron chi connectivity index (χ3n) is 4.85. The Morgan fingerprint density at radius 1 is 1.22 bits per heavy atom. The molecule has 100 valence electrons. The van der Waals surface area contributed by atoms with Crippen LogP contribution < -0.4 is 10.6 Å². The van der Waals surface area contributed by atoms with Gasteiger partial charge in [0.05, 0.1) is 5.54 Å². The Morgan fingerprint density at radius 2 is 1.83 bits per heavy atom. The first kappa shape index (κ1) is 13.3. The smallest absolute Gasteiger partial charge is 0.123 e. The van der Waals surface area contributed by atoms with Gasteiger partial charge in [-0.1, -0.05) is 20.3 Å². The largest absolute Gasteiger partial charge is 0.367 e. The van der Waals surface area contributed by atoms with E-state index in [1.54, 1.807) is 0 Å². The number of hydrogen-bond donors (Lipinski definition) is 1. The molecule has 3 heteroatoms. The van der Waals surface area contributed by atoms with Crippen molar-refractivity contribution in [1.29, 1.82) is 0 Å². The molecule has 1 aliphatic rings. The zero-order valence-corrected chi connectivity index (χ0v) is 11.5. The summed E-state index contributed by atoms with van der Waals surface area (Å²) in [6.07, 6.45) is 3.50.